The monoisotopic (exact) mass is 377 g/mol. The van der Waals surface area contributed by atoms with E-state index in [9.17, 15) is 19.5 Å². The number of hydrogen-bond acceptors (Lipinski definition) is 3. The highest BCUT2D eigenvalue weighted by Gasteiger charge is 2.18. The lowest BCUT2D eigenvalue weighted by atomic mass is 10.0. The largest absolute Gasteiger partial charge is 0.481 e. The van der Waals surface area contributed by atoms with Gasteiger partial charge in [0.25, 0.3) is 0 Å². The number of benzene rings is 2. The van der Waals surface area contributed by atoms with Crippen LogP contribution in [0.3, 0.4) is 0 Å². The van der Waals surface area contributed by atoms with E-state index in [0.29, 0.717) is 16.5 Å². The molecular weight excluding hydrogens is 358 g/mol. The van der Waals surface area contributed by atoms with Gasteiger partial charge < -0.3 is 10.2 Å². The number of fused-ring (bicyclic) bond motifs is 1. The molecule has 142 valence electrons. The van der Waals surface area contributed by atoms with Crippen molar-refractivity contribution in [3.8, 4) is 0 Å². The van der Waals surface area contributed by atoms with E-state index in [2.05, 4.69) is 0 Å². The van der Waals surface area contributed by atoms with Gasteiger partial charge in [-0.25, -0.2) is 0 Å². The fourth-order valence-corrected chi connectivity index (χ4v) is 3.12. The molecule has 3 aromatic rings. The van der Waals surface area contributed by atoms with Gasteiger partial charge in [-0.2, -0.15) is 0 Å². The first-order valence-electron chi connectivity index (χ1n) is 8.78. The molecule has 0 saturated heterocycles. The van der Waals surface area contributed by atoms with Crippen molar-refractivity contribution in [2.24, 2.45) is 0 Å². The maximum Gasteiger partial charge on any atom is 0.307 e. The van der Waals surface area contributed by atoms with Gasteiger partial charge in [0.15, 0.2) is 0 Å². The molecule has 3 rings (SSSR count). The number of rotatable bonds is 7. The highest BCUT2D eigenvalue weighted by molar-refractivity contribution is 6.01. The summed E-state index contributed by atoms with van der Waals surface area (Å²) in [5.74, 6) is -2.44. The molecule has 28 heavy (non-hydrogen) atoms. The molecule has 0 bridgehead atoms. The molecule has 0 aliphatic heterocycles. The number of carboxylic acid groups (broad SMARTS) is 2. The summed E-state index contributed by atoms with van der Waals surface area (Å²) >= 11 is 0. The van der Waals surface area contributed by atoms with Crippen molar-refractivity contribution in [3.05, 3.63) is 71.4 Å². The third-order valence-corrected chi connectivity index (χ3v) is 4.36. The van der Waals surface area contributed by atoms with Gasteiger partial charge in [-0.3, -0.25) is 19.0 Å². The van der Waals surface area contributed by atoms with E-state index in [0.717, 1.165) is 11.1 Å². The molecule has 0 saturated carbocycles. The molecule has 6 heteroatoms. The lowest BCUT2D eigenvalue weighted by molar-refractivity contribution is -0.137. The molecule has 1 aromatic heterocycles. The number of carbonyl (C=O) groups is 3. The molecule has 0 aliphatic carbocycles. The maximum atomic E-state index is 12.5. The molecule has 0 unspecified atom stereocenters. The number of aliphatic carboxylic acids is 2. The molecule has 0 radical (unpaired) electrons. The molecule has 0 spiro atoms. The number of nitrogens with zero attached hydrogens (tertiary/aromatic N) is 1. The van der Waals surface area contributed by atoms with Crippen LogP contribution in [-0.4, -0.2) is 32.6 Å². The Hall–Kier alpha value is -3.67. The first-order chi connectivity index (χ1) is 13.5. The number of carbonyl (C=O) groups excluding carboxylic acids is 1. The van der Waals surface area contributed by atoms with E-state index in [-0.39, 0.29) is 25.2 Å². The van der Waals surface area contributed by atoms with Crippen LogP contribution in [0.5, 0.6) is 0 Å². The van der Waals surface area contributed by atoms with Crippen molar-refractivity contribution in [3.63, 3.8) is 0 Å². The summed E-state index contributed by atoms with van der Waals surface area (Å²) in [6.07, 6.45) is 4.64. The van der Waals surface area contributed by atoms with Crippen LogP contribution in [0, 0.1) is 0 Å². The van der Waals surface area contributed by atoms with Crippen molar-refractivity contribution in [1.29, 1.82) is 0 Å². The highest BCUT2D eigenvalue weighted by atomic mass is 16.4. The van der Waals surface area contributed by atoms with Crippen molar-refractivity contribution in [2.45, 2.75) is 19.3 Å². The number of carboxylic acids is 2. The van der Waals surface area contributed by atoms with Crippen LogP contribution in [0.15, 0.2) is 54.7 Å². The zero-order chi connectivity index (χ0) is 20.1. The molecular formula is C22H19NO5. The topological polar surface area (TPSA) is 96.6 Å². The molecule has 0 amide bonds. The van der Waals surface area contributed by atoms with Crippen molar-refractivity contribution < 1.29 is 24.6 Å². The van der Waals surface area contributed by atoms with Gasteiger partial charge in [0, 0.05) is 18.0 Å². The Labute approximate surface area is 161 Å². The average molecular weight is 377 g/mol. The second kappa shape index (κ2) is 8.35. The van der Waals surface area contributed by atoms with E-state index in [4.69, 9.17) is 5.11 Å². The van der Waals surface area contributed by atoms with Gasteiger partial charge in [-0.15, -0.1) is 0 Å². The van der Waals surface area contributed by atoms with Crippen LogP contribution >= 0.6 is 0 Å². The van der Waals surface area contributed by atoms with Crippen LogP contribution in [0.1, 0.15) is 34.3 Å². The zero-order valence-electron chi connectivity index (χ0n) is 15.0. The number of hydrogen-bond donors (Lipinski definition) is 2. The summed E-state index contributed by atoms with van der Waals surface area (Å²) in [6, 6.07) is 15.1. The molecule has 0 fully saturated rings. The van der Waals surface area contributed by atoms with Crippen LogP contribution in [0.2, 0.25) is 0 Å². The molecule has 0 atom stereocenters. The molecule has 6 nitrogen and oxygen atoms in total. The SMILES string of the molecule is O=C(O)CCC(=O)n1cc(CC(=O)O)c2c(/C=C/c3ccccc3)cccc21. The Morgan fingerprint density at radius 3 is 2.29 bits per heavy atom. The van der Waals surface area contributed by atoms with E-state index in [1.54, 1.807) is 12.1 Å². The standard InChI is InChI=1S/C22H19NO5/c24-19(11-12-20(25)26)23-14-17(13-21(27)28)22-16(7-4-8-18(22)23)10-9-15-5-2-1-3-6-15/h1-10,14H,11-13H2,(H,25,26)(H,27,28)/b10-9+. The molecule has 2 aromatic carbocycles. The molecule has 0 aliphatic rings. The van der Waals surface area contributed by atoms with E-state index in [1.807, 2.05) is 48.6 Å². The van der Waals surface area contributed by atoms with Crippen molar-refractivity contribution >= 4 is 40.9 Å². The smallest absolute Gasteiger partial charge is 0.307 e. The third kappa shape index (κ3) is 4.35. The summed E-state index contributed by atoms with van der Waals surface area (Å²) in [7, 11) is 0. The lowest BCUT2D eigenvalue weighted by Crippen LogP contribution is -2.11. The normalized spacial score (nSPS) is 11.1. The van der Waals surface area contributed by atoms with E-state index < -0.39 is 11.9 Å². The Morgan fingerprint density at radius 2 is 1.61 bits per heavy atom. The highest BCUT2D eigenvalue weighted by Crippen LogP contribution is 2.28. The van der Waals surface area contributed by atoms with Gasteiger partial charge in [0.2, 0.25) is 5.91 Å². The lowest BCUT2D eigenvalue weighted by Gasteiger charge is -2.04. The van der Waals surface area contributed by atoms with Crippen LogP contribution in [0.25, 0.3) is 23.1 Å². The quantitative estimate of drug-likeness (QED) is 0.608. The van der Waals surface area contributed by atoms with Gasteiger partial charge in [-0.1, -0.05) is 54.6 Å². The summed E-state index contributed by atoms with van der Waals surface area (Å²) < 4.78 is 1.36. The predicted molar refractivity (Wildman–Crippen MR) is 106 cm³/mol. The minimum atomic E-state index is -1.05. The Kier molecular flexibility index (Phi) is 5.69. The van der Waals surface area contributed by atoms with Crippen LogP contribution in [0.4, 0.5) is 0 Å². The fourth-order valence-electron chi connectivity index (χ4n) is 3.12. The maximum absolute atomic E-state index is 12.5. The molecule has 1 heterocycles. The summed E-state index contributed by atoms with van der Waals surface area (Å²) in [4.78, 5) is 34.6. The third-order valence-electron chi connectivity index (χ3n) is 4.36. The van der Waals surface area contributed by atoms with Gasteiger partial charge >= 0.3 is 11.9 Å². The van der Waals surface area contributed by atoms with E-state index >= 15 is 0 Å². The second-order valence-electron chi connectivity index (χ2n) is 6.37. The van der Waals surface area contributed by atoms with Gasteiger partial charge in [0.05, 0.1) is 18.4 Å². The van der Waals surface area contributed by atoms with Gasteiger partial charge in [-0.05, 0) is 22.8 Å². The molecule has 2 N–H and O–H groups in total. The zero-order valence-corrected chi connectivity index (χ0v) is 15.0. The van der Waals surface area contributed by atoms with Crippen LogP contribution < -0.4 is 0 Å². The Morgan fingerprint density at radius 1 is 0.857 bits per heavy atom. The second-order valence-corrected chi connectivity index (χ2v) is 6.37. The predicted octanol–water partition coefficient (Wildman–Crippen LogP) is 3.94. The van der Waals surface area contributed by atoms with E-state index in [1.165, 1.54) is 10.8 Å². The number of aromatic nitrogens is 1. The first-order valence-corrected chi connectivity index (χ1v) is 8.78. The first kappa shape index (κ1) is 19.1. The summed E-state index contributed by atoms with van der Waals surface area (Å²) in [5, 5.41) is 18.8. The Bertz CT molecular complexity index is 1060. The average Bonchev–Trinajstić information content (AvgIpc) is 3.04. The van der Waals surface area contributed by atoms with Crippen molar-refractivity contribution in [1.82, 2.24) is 4.57 Å². The summed E-state index contributed by atoms with van der Waals surface area (Å²) in [6.45, 7) is 0. The summed E-state index contributed by atoms with van der Waals surface area (Å²) in [5.41, 5.74) is 2.87. The van der Waals surface area contributed by atoms with Crippen LogP contribution in [-0.2, 0) is 16.0 Å². The minimum Gasteiger partial charge on any atom is -0.481 e. The van der Waals surface area contributed by atoms with Crippen molar-refractivity contribution in [2.75, 3.05) is 0 Å². The Balaban J connectivity index is 2.07. The van der Waals surface area contributed by atoms with Gasteiger partial charge in [0.1, 0.15) is 0 Å². The minimum absolute atomic E-state index is 0.157. The fraction of sp³-hybridized carbons (Fsp3) is 0.136.